The second-order valence-corrected chi connectivity index (χ2v) is 13.3. The first-order chi connectivity index (χ1) is 16.3. The van der Waals surface area contributed by atoms with E-state index in [4.69, 9.17) is 5.73 Å². The molecule has 5 rings (SSSR count). The van der Waals surface area contributed by atoms with Gasteiger partial charge in [0.2, 0.25) is 0 Å². The van der Waals surface area contributed by atoms with E-state index >= 15 is 0 Å². The van der Waals surface area contributed by atoms with Crippen molar-refractivity contribution >= 4 is 0 Å². The molecule has 1 aromatic carbocycles. The zero-order chi connectivity index (χ0) is 23.9. The Morgan fingerprint density at radius 1 is 1.03 bits per heavy atom. The Morgan fingerprint density at radius 3 is 2.62 bits per heavy atom. The van der Waals surface area contributed by atoms with Crippen LogP contribution < -0.4 is 11.1 Å². The lowest BCUT2D eigenvalue weighted by Gasteiger charge is -2.62. The summed E-state index contributed by atoms with van der Waals surface area (Å²) >= 11 is 0. The fourth-order valence-corrected chi connectivity index (χ4v) is 9.79. The van der Waals surface area contributed by atoms with E-state index in [2.05, 4.69) is 56.4 Å². The van der Waals surface area contributed by atoms with Crippen LogP contribution in [0.25, 0.3) is 0 Å². The second kappa shape index (κ2) is 9.87. The lowest BCUT2D eigenvalue weighted by molar-refractivity contribution is -0.169. The highest BCUT2D eigenvalue weighted by Crippen LogP contribution is 2.68. The molecule has 0 radical (unpaired) electrons. The van der Waals surface area contributed by atoms with Gasteiger partial charge in [-0.05, 0) is 123 Å². The molecule has 4 N–H and O–H groups in total. The zero-order valence-electron chi connectivity index (χ0n) is 22.0. The number of hydrogen-bond donors (Lipinski definition) is 3. The highest BCUT2D eigenvalue weighted by atomic mass is 16.3. The third-order valence-electron chi connectivity index (χ3n) is 11.8. The first-order valence-corrected chi connectivity index (χ1v) is 14.5. The Labute approximate surface area is 208 Å². The fourth-order valence-electron chi connectivity index (χ4n) is 9.79. The van der Waals surface area contributed by atoms with Crippen molar-refractivity contribution in [3.63, 3.8) is 0 Å². The van der Waals surface area contributed by atoms with Crippen LogP contribution in [-0.4, -0.2) is 23.8 Å². The molecule has 4 aliphatic carbocycles. The number of hydrogen-bond acceptors (Lipinski definition) is 3. The van der Waals surface area contributed by atoms with Gasteiger partial charge in [0.25, 0.3) is 0 Å². The number of fused-ring (bicyclic) bond motifs is 5. The summed E-state index contributed by atoms with van der Waals surface area (Å²) in [5.41, 5.74) is 8.28. The molecular weight excluding hydrogens is 416 g/mol. The van der Waals surface area contributed by atoms with E-state index in [1.807, 2.05) is 0 Å². The molecule has 3 nitrogen and oxygen atoms in total. The Kier molecular flexibility index (Phi) is 7.19. The van der Waals surface area contributed by atoms with Gasteiger partial charge in [-0.3, -0.25) is 0 Å². The molecule has 10 atom stereocenters. The molecule has 0 aliphatic heterocycles. The number of aliphatic hydroxyl groups excluding tert-OH is 1. The SMILES string of the molecule is C[C@H](CCCNCc1ccccc1)[C@H]1CC[C@H]2[C@@H]3CC[C@@H]4C[C@@H](N)CC[C@]4(C)[C@H]3C[C@H](O)[C@]12C. The highest BCUT2D eigenvalue weighted by Gasteiger charge is 2.63. The zero-order valence-corrected chi connectivity index (χ0v) is 22.0. The maximum atomic E-state index is 11.8. The predicted molar refractivity (Wildman–Crippen MR) is 141 cm³/mol. The van der Waals surface area contributed by atoms with E-state index in [0.717, 1.165) is 37.3 Å². The van der Waals surface area contributed by atoms with Crippen LogP contribution in [0.3, 0.4) is 0 Å². The van der Waals surface area contributed by atoms with Crippen LogP contribution in [0, 0.1) is 46.3 Å². The summed E-state index contributed by atoms with van der Waals surface area (Å²) < 4.78 is 0. The van der Waals surface area contributed by atoms with Gasteiger partial charge in [-0.2, -0.15) is 0 Å². The van der Waals surface area contributed by atoms with Crippen molar-refractivity contribution in [2.24, 2.45) is 52.1 Å². The normalized spacial score (nSPS) is 44.7. The predicted octanol–water partition coefficient (Wildman–Crippen LogP) is 6.15. The molecule has 0 heterocycles. The third-order valence-corrected chi connectivity index (χ3v) is 11.8. The molecular formula is C31H50N2O. The minimum absolute atomic E-state index is 0.117. The van der Waals surface area contributed by atoms with Gasteiger partial charge in [0.05, 0.1) is 6.10 Å². The molecule has 0 saturated heterocycles. The van der Waals surface area contributed by atoms with Gasteiger partial charge in [-0.15, -0.1) is 0 Å². The highest BCUT2D eigenvalue weighted by molar-refractivity contribution is 5.14. The van der Waals surface area contributed by atoms with Crippen LogP contribution in [0.2, 0.25) is 0 Å². The molecule has 34 heavy (non-hydrogen) atoms. The van der Waals surface area contributed by atoms with Gasteiger partial charge >= 0.3 is 0 Å². The standard InChI is InChI=1S/C31H50N2O/c1-21(8-7-17-33-20-22-9-5-4-6-10-22)26-13-14-27-25-12-11-23-18-24(32)15-16-30(23,2)28(25)19-29(34)31(26,27)3/h4-6,9-10,21,23-29,33-34H,7-8,11-20,32H2,1-3H3/t21-,23-,24+,25+,26-,27+,28+,29+,30+,31-/m1/s1. The van der Waals surface area contributed by atoms with E-state index in [1.54, 1.807) is 0 Å². The lowest BCUT2D eigenvalue weighted by Crippen LogP contribution is -2.59. The van der Waals surface area contributed by atoms with Crippen LogP contribution in [0.15, 0.2) is 30.3 Å². The van der Waals surface area contributed by atoms with Gasteiger partial charge in [0.1, 0.15) is 0 Å². The molecule has 0 aromatic heterocycles. The van der Waals surface area contributed by atoms with Crippen molar-refractivity contribution < 1.29 is 5.11 Å². The molecule has 4 saturated carbocycles. The Hall–Kier alpha value is -0.900. The van der Waals surface area contributed by atoms with Gasteiger partial charge in [-0.25, -0.2) is 0 Å². The first kappa shape index (κ1) is 24.8. The minimum atomic E-state index is -0.129. The van der Waals surface area contributed by atoms with Gasteiger partial charge < -0.3 is 16.2 Å². The summed E-state index contributed by atoms with van der Waals surface area (Å²) in [6.45, 7) is 9.60. The van der Waals surface area contributed by atoms with Crippen molar-refractivity contribution in [3.05, 3.63) is 35.9 Å². The lowest BCUT2D eigenvalue weighted by atomic mass is 9.43. The molecule has 190 valence electrons. The number of rotatable bonds is 7. The Balaban J connectivity index is 1.20. The number of nitrogens with one attached hydrogen (secondary N) is 1. The maximum absolute atomic E-state index is 11.8. The van der Waals surface area contributed by atoms with Crippen molar-refractivity contribution in [3.8, 4) is 0 Å². The van der Waals surface area contributed by atoms with Crippen LogP contribution in [0.1, 0.15) is 90.5 Å². The van der Waals surface area contributed by atoms with Gasteiger partial charge in [0.15, 0.2) is 0 Å². The monoisotopic (exact) mass is 466 g/mol. The summed E-state index contributed by atoms with van der Waals surface area (Å²) in [4.78, 5) is 0. The molecule has 0 bridgehead atoms. The smallest absolute Gasteiger partial charge is 0.0602 e. The van der Waals surface area contributed by atoms with E-state index in [9.17, 15) is 5.11 Å². The van der Waals surface area contributed by atoms with Crippen LogP contribution in [-0.2, 0) is 6.54 Å². The van der Waals surface area contributed by atoms with E-state index in [0.29, 0.717) is 29.2 Å². The van der Waals surface area contributed by atoms with Gasteiger partial charge in [-0.1, -0.05) is 51.1 Å². The number of nitrogens with two attached hydrogens (primary N) is 1. The first-order valence-electron chi connectivity index (χ1n) is 14.5. The number of aliphatic hydroxyl groups is 1. The van der Waals surface area contributed by atoms with Crippen LogP contribution >= 0.6 is 0 Å². The molecule has 0 spiro atoms. The van der Waals surface area contributed by atoms with E-state index < -0.39 is 0 Å². The van der Waals surface area contributed by atoms with Gasteiger partial charge in [0, 0.05) is 12.6 Å². The number of benzene rings is 1. The van der Waals surface area contributed by atoms with Crippen molar-refractivity contribution in [2.75, 3.05) is 6.54 Å². The summed E-state index contributed by atoms with van der Waals surface area (Å²) in [5.74, 6) is 4.41. The summed E-state index contributed by atoms with van der Waals surface area (Å²) in [6.07, 6.45) is 12.5. The molecule has 3 heteroatoms. The topological polar surface area (TPSA) is 58.3 Å². The molecule has 0 unspecified atom stereocenters. The average Bonchev–Trinajstić information content (AvgIpc) is 3.19. The summed E-state index contributed by atoms with van der Waals surface area (Å²) in [7, 11) is 0. The van der Waals surface area contributed by atoms with E-state index in [1.165, 1.54) is 63.4 Å². The maximum Gasteiger partial charge on any atom is 0.0602 e. The van der Waals surface area contributed by atoms with E-state index in [-0.39, 0.29) is 11.5 Å². The second-order valence-electron chi connectivity index (χ2n) is 13.3. The van der Waals surface area contributed by atoms with Crippen LogP contribution in [0.5, 0.6) is 0 Å². The quantitative estimate of drug-likeness (QED) is 0.422. The van der Waals surface area contributed by atoms with Crippen molar-refractivity contribution in [1.29, 1.82) is 0 Å². The summed E-state index contributed by atoms with van der Waals surface area (Å²) in [6, 6.07) is 11.1. The minimum Gasteiger partial charge on any atom is -0.393 e. The summed E-state index contributed by atoms with van der Waals surface area (Å²) in [5, 5.41) is 15.4. The molecule has 0 amide bonds. The molecule has 1 aromatic rings. The molecule has 4 aliphatic rings. The Bertz CT molecular complexity index is 813. The largest absolute Gasteiger partial charge is 0.393 e. The third kappa shape index (κ3) is 4.28. The van der Waals surface area contributed by atoms with Crippen molar-refractivity contribution in [1.82, 2.24) is 5.32 Å². The van der Waals surface area contributed by atoms with Crippen LogP contribution in [0.4, 0.5) is 0 Å². The van der Waals surface area contributed by atoms with Crippen molar-refractivity contribution in [2.45, 2.75) is 104 Å². The average molecular weight is 467 g/mol. The molecule has 4 fully saturated rings. The Morgan fingerprint density at radius 2 is 1.82 bits per heavy atom. The fraction of sp³-hybridized carbons (Fsp3) is 0.806.